The lowest BCUT2D eigenvalue weighted by molar-refractivity contribution is 0.0888. The molecule has 6 heteroatoms. The van der Waals surface area contributed by atoms with Crippen molar-refractivity contribution in [3.63, 3.8) is 0 Å². The Kier molecular flexibility index (Phi) is 5.79. The minimum absolute atomic E-state index is 0.0348. The number of hydrogen-bond donors (Lipinski definition) is 2. The van der Waals surface area contributed by atoms with E-state index in [1.807, 2.05) is 48.1 Å². The van der Waals surface area contributed by atoms with Crippen LogP contribution in [-0.4, -0.2) is 48.8 Å². The van der Waals surface area contributed by atoms with Crippen molar-refractivity contribution in [2.45, 2.75) is 43.8 Å². The summed E-state index contributed by atoms with van der Waals surface area (Å²) in [5, 5.41) is 8.13. The maximum atomic E-state index is 13.0. The number of nitrogens with zero attached hydrogens (tertiary/aromatic N) is 2. The molecule has 0 radical (unpaired) electrons. The van der Waals surface area contributed by atoms with E-state index in [2.05, 4.69) is 33.7 Å². The third-order valence-electron chi connectivity index (χ3n) is 7.11. The summed E-state index contributed by atoms with van der Waals surface area (Å²) in [5.41, 5.74) is 3.11. The van der Waals surface area contributed by atoms with Crippen LogP contribution >= 0.6 is 0 Å². The molecule has 32 heavy (non-hydrogen) atoms. The van der Waals surface area contributed by atoms with Gasteiger partial charge in [-0.3, -0.25) is 4.79 Å². The zero-order valence-electron chi connectivity index (χ0n) is 18.9. The normalized spacial score (nSPS) is 21.4. The van der Waals surface area contributed by atoms with Crippen LogP contribution in [0.3, 0.4) is 0 Å². The van der Waals surface area contributed by atoms with E-state index in [0.717, 1.165) is 61.0 Å². The highest BCUT2D eigenvalue weighted by atomic mass is 16.5. The second-order valence-electron chi connectivity index (χ2n) is 9.06. The molecule has 1 saturated carbocycles. The lowest BCUT2D eigenvalue weighted by Gasteiger charge is -2.42. The molecule has 5 rings (SSSR count). The minimum atomic E-state index is 0.0348. The Morgan fingerprint density at radius 2 is 1.69 bits per heavy atom. The van der Waals surface area contributed by atoms with Crippen molar-refractivity contribution < 1.29 is 9.53 Å². The molecule has 1 saturated heterocycles. The molecule has 1 aromatic heterocycles. The number of piperidine rings is 1. The molecule has 2 fully saturated rings. The molecule has 1 amide bonds. The van der Waals surface area contributed by atoms with Crippen molar-refractivity contribution in [1.82, 2.24) is 15.2 Å². The first-order valence-corrected chi connectivity index (χ1v) is 11.6. The van der Waals surface area contributed by atoms with Gasteiger partial charge in [0.15, 0.2) is 0 Å². The van der Waals surface area contributed by atoms with Gasteiger partial charge in [-0.15, -0.1) is 0 Å². The number of ether oxygens (including phenoxy) is 1. The van der Waals surface area contributed by atoms with E-state index in [1.54, 1.807) is 7.11 Å². The van der Waals surface area contributed by atoms with Gasteiger partial charge in [-0.1, -0.05) is 18.2 Å². The Balaban J connectivity index is 1.14. The van der Waals surface area contributed by atoms with Crippen LogP contribution in [0.4, 0.5) is 5.69 Å². The Morgan fingerprint density at radius 3 is 2.38 bits per heavy atom. The first-order valence-electron chi connectivity index (χ1n) is 11.6. The summed E-state index contributed by atoms with van der Waals surface area (Å²) in [5.74, 6) is 0.930. The molecule has 168 valence electrons. The number of rotatable bonds is 6. The van der Waals surface area contributed by atoms with Gasteiger partial charge in [0, 0.05) is 61.0 Å². The number of aryl methyl sites for hydroxylation is 1. The Labute approximate surface area is 189 Å². The fourth-order valence-electron chi connectivity index (χ4n) is 5.04. The van der Waals surface area contributed by atoms with Crippen molar-refractivity contribution in [1.29, 1.82) is 0 Å². The average Bonchev–Trinajstić information content (AvgIpc) is 3.17. The number of hydrogen-bond acceptors (Lipinski definition) is 4. The first-order chi connectivity index (χ1) is 15.6. The van der Waals surface area contributed by atoms with Gasteiger partial charge in [0.1, 0.15) is 5.75 Å². The number of para-hydroxylation sites is 1. The molecule has 6 nitrogen and oxygen atoms in total. The van der Waals surface area contributed by atoms with Crippen LogP contribution < -0.4 is 20.3 Å². The summed E-state index contributed by atoms with van der Waals surface area (Å²) < 4.78 is 7.29. The quantitative estimate of drug-likeness (QED) is 0.624. The molecule has 2 aromatic carbocycles. The summed E-state index contributed by atoms with van der Waals surface area (Å²) in [6.07, 6.45) is 6.34. The molecule has 2 N–H and O–H groups in total. The van der Waals surface area contributed by atoms with Crippen LogP contribution in [0.5, 0.6) is 5.75 Å². The zero-order valence-corrected chi connectivity index (χ0v) is 18.9. The van der Waals surface area contributed by atoms with Gasteiger partial charge in [-0.2, -0.15) is 0 Å². The average molecular weight is 433 g/mol. The number of benzene rings is 2. The maximum Gasteiger partial charge on any atom is 0.253 e. The van der Waals surface area contributed by atoms with Gasteiger partial charge in [0.25, 0.3) is 5.91 Å². The van der Waals surface area contributed by atoms with Gasteiger partial charge in [0.2, 0.25) is 0 Å². The maximum absolute atomic E-state index is 13.0. The molecule has 0 unspecified atom stereocenters. The van der Waals surface area contributed by atoms with E-state index in [-0.39, 0.29) is 11.9 Å². The molecule has 1 aliphatic heterocycles. The highest BCUT2D eigenvalue weighted by Crippen LogP contribution is 2.27. The largest absolute Gasteiger partial charge is 0.497 e. The van der Waals surface area contributed by atoms with Crippen molar-refractivity contribution >= 4 is 22.5 Å². The molecule has 2 aliphatic rings. The van der Waals surface area contributed by atoms with E-state index >= 15 is 0 Å². The monoisotopic (exact) mass is 432 g/mol. The van der Waals surface area contributed by atoms with E-state index < -0.39 is 0 Å². The van der Waals surface area contributed by atoms with E-state index in [1.165, 1.54) is 5.69 Å². The van der Waals surface area contributed by atoms with E-state index in [9.17, 15) is 4.79 Å². The van der Waals surface area contributed by atoms with Crippen molar-refractivity contribution in [3.8, 4) is 5.75 Å². The molecule has 2 heterocycles. The van der Waals surface area contributed by atoms with Crippen LogP contribution in [0.2, 0.25) is 0 Å². The number of carbonyl (C=O) groups excluding carboxylic acids is 1. The van der Waals surface area contributed by atoms with Gasteiger partial charge in [-0.25, -0.2) is 0 Å². The third kappa shape index (κ3) is 4.07. The van der Waals surface area contributed by atoms with Gasteiger partial charge in [-0.05, 0) is 56.0 Å². The Morgan fingerprint density at radius 1 is 0.969 bits per heavy atom. The van der Waals surface area contributed by atoms with Crippen LogP contribution in [0.25, 0.3) is 10.9 Å². The summed E-state index contributed by atoms with van der Waals surface area (Å²) in [6, 6.07) is 17.5. The smallest absolute Gasteiger partial charge is 0.253 e. The number of carbonyl (C=O) groups is 1. The van der Waals surface area contributed by atoms with Crippen molar-refractivity contribution in [2.75, 3.05) is 25.1 Å². The molecular formula is C26H32N4O2. The number of fused-ring (bicyclic) bond motifs is 1. The molecule has 1 aliphatic carbocycles. The van der Waals surface area contributed by atoms with Crippen LogP contribution in [-0.2, 0) is 7.05 Å². The van der Waals surface area contributed by atoms with Gasteiger partial charge < -0.3 is 24.8 Å². The first kappa shape index (κ1) is 20.9. The number of amides is 1. The lowest BCUT2D eigenvalue weighted by atomic mass is 9.84. The van der Waals surface area contributed by atoms with Crippen LogP contribution in [0.1, 0.15) is 36.0 Å². The predicted octanol–water partition coefficient (Wildman–Crippen LogP) is 3.71. The second kappa shape index (κ2) is 8.87. The highest BCUT2D eigenvalue weighted by Gasteiger charge is 2.34. The van der Waals surface area contributed by atoms with Crippen LogP contribution in [0.15, 0.2) is 54.7 Å². The SMILES string of the molecule is COc1ccc(N2CCC(N[C@@H]3CC[C@@H]3NC(=O)c3cn(C)c4ccccc34)CC2)cc1. The number of methoxy groups -OCH3 is 1. The van der Waals surface area contributed by atoms with E-state index in [0.29, 0.717) is 12.1 Å². The minimum Gasteiger partial charge on any atom is -0.497 e. The molecule has 0 bridgehead atoms. The fourth-order valence-corrected chi connectivity index (χ4v) is 5.04. The molecule has 3 aromatic rings. The third-order valence-corrected chi connectivity index (χ3v) is 7.11. The van der Waals surface area contributed by atoms with E-state index in [4.69, 9.17) is 4.74 Å². The summed E-state index contributed by atoms with van der Waals surface area (Å²) in [4.78, 5) is 15.4. The van der Waals surface area contributed by atoms with Crippen LogP contribution in [0, 0.1) is 0 Å². The Bertz CT molecular complexity index is 1080. The topological polar surface area (TPSA) is 58.5 Å². The second-order valence-corrected chi connectivity index (χ2v) is 9.06. The van der Waals surface area contributed by atoms with Gasteiger partial charge in [0.05, 0.1) is 12.7 Å². The summed E-state index contributed by atoms with van der Waals surface area (Å²) in [6.45, 7) is 2.09. The Hall–Kier alpha value is -2.99. The predicted molar refractivity (Wildman–Crippen MR) is 129 cm³/mol. The van der Waals surface area contributed by atoms with Gasteiger partial charge >= 0.3 is 0 Å². The highest BCUT2D eigenvalue weighted by molar-refractivity contribution is 6.07. The lowest BCUT2D eigenvalue weighted by Crippen LogP contribution is -2.60. The number of nitrogens with one attached hydrogen (secondary N) is 2. The van der Waals surface area contributed by atoms with Crippen molar-refractivity contribution in [3.05, 3.63) is 60.3 Å². The van der Waals surface area contributed by atoms with Crippen molar-refractivity contribution in [2.24, 2.45) is 7.05 Å². The fraction of sp³-hybridized carbons (Fsp3) is 0.423. The number of aromatic nitrogens is 1. The number of anilines is 1. The summed E-state index contributed by atoms with van der Waals surface area (Å²) in [7, 11) is 3.69. The molecule has 0 spiro atoms. The summed E-state index contributed by atoms with van der Waals surface area (Å²) >= 11 is 0. The molecular weight excluding hydrogens is 400 g/mol. The zero-order chi connectivity index (χ0) is 22.1. The standard InChI is InChI=1S/C26H32N4O2/c1-29-17-22(21-5-3-4-6-25(21)29)26(31)28-24-12-11-23(24)27-18-13-15-30(16-14-18)19-7-9-20(32-2)10-8-19/h3-10,17-18,23-24,27H,11-16H2,1-2H3,(H,28,31)/t23-,24+/m1/s1. The molecule has 2 atom stereocenters.